The van der Waals surface area contributed by atoms with Gasteiger partial charge in [-0.15, -0.1) is 0 Å². The second kappa shape index (κ2) is 7.12. The van der Waals surface area contributed by atoms with E-state index in [2.05, 4.69) is 0 Å². The van der Waals surface area contributed by atoms with Crippen molar-refractivity contribution in [1.29, 1.82) is 0 Å². The van der Waals surface area contributed by atoms with Crippen molar-refractivity contribution in [2.45, 2.75) is 24.5 Å². The van der Waals surface area contributed by atoms with Crippen molar-refractivity contribution >= 4 is 21.7 Å². The van der Waals surface area contributed by atoms with E-state index < -0.39 is 32.9 Å². The first kappa shape index (κ1) is 17.5. The van der Waals surface area contributed by atoms with Crippen molar-refractivity contribution < 1.29 is 23.1 Å². The van der Waals surface area contributed by atoms with E-state index >= 15 is 0 Å². The molecule has 0 aromatic heterocycles. The molecule has 7 heteroatoms. The zero-order valence-electron chi connectivity index (χ0n) is 13.0. The zero-order chi connectivity index (χ0) is 17.0. The van der Waals surface area contributed by atoms with Gasteiger partial charge < -0.3 is 10.0 Å². The fraction of sp³-hybridized carbons (Fsp3) is 0.500. The molecule has 1 aliphatic rings. The maximum absolute atomic E-state index is 12.7. The molecule has 6 nitrogen and oxygen atoms in total. The van der Waals surface area contributed by atoms with Crippen LogP contribution in [0.5, 0.6) is 0 Å². The molecule has 0 radical (unpaired) electrons. The molecule has 0 aliphatic carbocycles. The highest BCUT2D eigenvalue weighted by atomic mass is 32.2. The standard InChI is InChI=1S/C16H21NO5S/c1-23(21,22)14(10-12-6-3-2-4-7-12)15(18)17-9-5-8-13(11-17)16(19)20/h2-4,6-7,13-14H,5,8-11H2,1H3,(H,19,20)/t13-,14-/m1/s1. The molecule has 1 N–H and O–H groups in total. The Morgan fingerprint density at radius 3 is 2.52 bits per heavy atom. The van der Waals surface area contributed by atoms with Crippen LogP contribution in [0.15, 0.2) is 30.3 Å². The summed E-state index contributed by atoms with van der Waals surface area (Å²) < 4.78 is 24.1. The number of amides is 1. The average molecular weight is 339 g/mol. The summed E-state index contributed by atoms with van der Waals surface area (Å²) >= 11 is 0. The Labute approximate surface area is 136 Å². The second-order valence-corrected chi connectivity index (χ2v) is 8.20. The molecule has 0 unspecified atom stereocenters. The van der Waals surface area contributed by atoms with Gasteiger partial charge in [-0.25, -0.2) is 8.42 Å². The number of benzene rings is 1. The molecule has 2 rings (SSSR count). The smallest absolute Gasteiger partial charge is 0.308 e. The van der Waals surface area contributed by atoms with Gasteiger partial charge in [0, 0.05) is 19.3 Å². The van der Waals surface area contributed by atoms with Crippen molar-refractivity contribution in [1.82, 2.24) is 4.90 Å². The number of nitrogens with zero attached hydrogens (tertiary/aromatic N) is 1. The summed E-state index contributed by atoms with van der Waals surface area (Å²) in [6, 6.07) is 8.97. The van der Waals surface area contributed by atoms with Crippen LogP contribution in [-0.4, -0.2) is 54.9 Å². The topological polar surface area (TPSA) is 91.8 Å². The van der Waals surface area contributed by atoms with Gasteiger partial charge >= 0.3 is 5.97 Å². The Morgan fingerprint density at radius 1 is 1.30 bits per heavy atom. The summed E-state index contributed by atoms with van der Waals surface area (Å²) in [5.74, 6) is -2.06. The fourth-order valence-electron chi connectivity index (χ4n) is 2.83. The zero-order valence-corrected chi connectivity index (χ0v) is 13.8. The molecule has 1 fully saturated rings. The minimum Gasteiger partial charge on any atom is -0.481 e. The molecule has 0 bridgehead atoms. The van der Waals surface area contributed by atoms with Gasteiger partial charge in [0.1, 0.15) is 5.25 Å². The van der Waals surface area contributed by atoms with E-state index in [1.165, 1.54) is 4.90 Å². The summed E-state index contributed by atoms with van der Waals surface area (Å²) in [6.07, 6.45) is 2.25. The predicted molar refractivity (Wildman–Crippen MR) is 85.7 cm³/mol. The van der Waals surface area contributed by atoms with Crippen LogP contribution in [-0.2, 0) is 25.8 Å². The second-order valence-electron chi connectivity index (χ2n) is 5.97. The average Bonchev–Trinajstić information content (AvgIpc) is 2.52. The lowest BCUT2D eigenvalue weighted by Gasteiger charge is -2.33. The maximum Gasteiger partial charge on any atom is 0.308 e. The van der Waals surface area contributed by atoms with Crippen LogP contribution in [0.25, 0.3) is 0 Å². The van der Waals surface area contributed by atoms with E-state index in [1.54, 1.807) is 24.3 Å². The van der Waals surface area contributed by atoms with E-state index in [-0.39, 0.29) is 13.0 Å². The molecule has 1 amide bonds. The Morgan fingerprint density at radius 2 is 1.96 bits per heavy atom. The number of hydrogen-bond donors (Lipinski definition) is 1. The Hall–Kier alpha value is -1.89. The van der Waals surface area contributed by atoms with Crippen LogP contribution in [0.4, 0.5) is 0 Å². The highest BCUT2D eigenvalue weighted by Crippen LogP contribution is 2.20. The lowest BCUT2D eigenvalue weighted by atomic mass is 9.97. The van der Waals surface area contributed by atoms with Gasteiger partial charge in [0.05, 0.1) is 5.92 Å². The molecule has 1 aliphatic heterocycles. The Kier molecular flexibility index (Phi) is 5.41. The van der Waals surface area contributed by atoms with Crippen LogP contribution in [0.2, 0.25) is 0 Å². The van der Waals surface area contributed by atoms with Crippen molar-refractivity contribution in [3.63, 3.8) is 0 Å². The van der Waals surface area contributed by atoms with Gasteiger partial charge in [0.25, 0.3) is 0 Å². The molecular weight excluding hydrogens is 318 g/mol. The third-order valence-corrected chi connectivity index (χ3v) is 5.54. The molecule has 1 aromatic rings. The molecule has 23 heavy (non-hydrogen) atoms. The van der Waals surface area contributed by atoms with Crippen LogP contribution in [0, 0.1) is 5.92 Å². The SMILES string of the molecule is CS(=O)(=O)[C@H](Cc1ccccc1)C(=O)N1CCC[C@@H](C(=O)O)C1. The van der Waals surface area contributed by atoms with Crippen molar-refractivity contribution in [3.8, 4) is 0 Å². The van der Waals surface area contributed by atoms with Crippen molar-refractivity contribution in [2.24, 2.45) is 5.92 Å². The predicted octanol–water partition coefficient (Wildman–Crippen LogP) is 0.966. The molecule has 126 valence electrons. The molecular formula is C16H21NO5S. The fourth-order valence-corrected chi connectivity index (χ4v) is 3.84. The third kappa shape index (κ3) is 4.54. The van der Waals surface area contributed by atoms with Gasteiger partial charge in [-0.1, -0.05) is 30.3 Å². The normalized spacial score (nSPS) is 20.0. The quantitative estimate of drug-likeness (QED) is 0.863. The van der Waals surface area contributed by atoms with Crippen LogP contribution in [0.1, 0.15) is 18.4 Å². The summed E-state index contributed by atoms with van der Waals surface area (Å²) in [5, 5.41) is 7.95. The Bertz CT molecular complexity index is 671. The highest BCUT2D eigenvalue weighted by Gasteiger charge is 2.36. The molecule has 0 saturated carbocycles. The number of piperidine rings is 1. The van der Waals surface area contributed by atoms with E-state index in [4.69, 9.17) is 5.11 Å². The van der Waals surface area contributed by atoms with E-state index in [1.807, 2.05) is 6.07 Å². The summed E-state index contributed by atoms with van der Waals surface area (Å²) in [4.78, 5) is 25.2. The lowest BCUT2D eigenvalue weighted by molar-refractivity contribution is -0.145. The number of aliphatic carboxylic acids is 1. The molecule has 1 saturated heterocycles. The first-order chi connectivity index (χ1) is 10.8. The van der Waals surface area contributed by atoms with Crippen LogP contribution >= 0.6 is 0 Å². The number of carboxylic acid groups (broad SMARTS) is 1. The number of sulfone groups is 1. The summed E-state index contributed by atoms with van der Waals surface area (Å²) in [6.45, 7) is 0.485. The third-order valence-electron chi connectivity index (χ3n) is 4.14. The number of carboxylic acids is 1. The van der Waals surface area contributed by atoms with Gasteiger partial charge in [0.2, 0.25) is 5.91 Å². The van der Waals surface area contributed by atoms with Crippen molar-refractivity contribution in [3.05, 3.63) is 35.9 Å². The minimum absolute atomic E-state index is 0.0783. The largest absolute Gasteiger partial charge is 0.481 e. The van der Waals surface area contributed by atoms with Gasteiger partial charge in [-0.2, -0.15) is 0 Å². The van der Waals surface area contributed by atoms with Crippen LogP contribution in [0.3, 0.4) is 0 Å². The Balaban J connectivity index is 2.19. The van der Waals surface area contributed by atoms with E-state index in [9.17, 15) is 18.0 Å². The summed E-state index contributed by atoms with van der Waals surface area (Å²) in [5.41, 5.74) is 0.767. The first-order valence-electron chi connectivity index (χ1n) is 7.53. The van der Waals surface area contributed by atoms with E-state index in [0.717, 1.165) is 11.8 Å². The number of carbonyl (C=O) groups is 2. The lowest BCUT2D eigenvalue weighted by Crippen LogP contribution is -2.49. The number of likely N-dealkylation sites (tertiary alicyclic amines) is 1. The minimum atomic E-state index is -3.59. The molecule has 1 aromatic carbocycles. The molecule has 2 atom stereocenters. The van der Waals surface area contributed by atoms with Crippen molar-refractivity contribution in [2.75, 3.05) is 19.3 Å². The van der Waals surface area contributed by atoms with Gasteiger partial charge in [-0.05, 0) is 24.8 Å². The van der Waals surface area contributed by atoms with Crippen LogP contribution < -0.4 is 0 Å². The van der Waals surface area contributed by atoms with Gasteiger partial charge in [-0.3, -0.25) is 9.59 Å². The highest BCUT2D eigenvalue weighted by molar-refractivity contribution is 7.92. The number of hydrogen-bond acceptors (Lipinski definition) is 4. The van der Waals surface area contributed by atoms with Gasteiger partial charge in [0.15, 0.2) is 9.84 Å². The maximum atomic E-state index is 12.7. The summed E-state index contributed by atoms with van der Waals surface area (Å²) in [7, 11) is -3.59. The number of rotatable bonds is 5. The first-order valence-corrected chi connectivity index (χ1v) is 9.49. The van der Waals surface area contributed by atoms with E-state index in [0.29, 0.717) is 19.4 Å². The number of carbonyl (C=O) groups excluding carboxylic acids is 1. The molecule has 1 heterocycles. The monoisotopic (exact) mass is 339 g/mol. The molecule has 0 spiro atoms.